The van der Waals surface area contributed by atoms with E-state index < -0.39 is 46.0 Å². The van der Waals surface area contributed by atoms with Crippen molar-refractivity contribution >= 4 is 15.7 Å². The molecule has 0 unspecified atom stereocenters. The molecule has 3 rings (SSSR count). The summed E-state index contributed by atoms with van der Waals surface area (Å²) in [4.78, 5) is 13.2. The fourth-order valence-corrected chi connectivity index (χ4v) is 4.74. The van der Waals surface area contributed by atoms with Crippen molar-refractivity contribution in [1.82, 2.24) is 10.6 Å². The highest BCUT2D eigenvalue weighted by molar-refractivity contribution is 7.90. The lowest BCUT2D eigenvalue weighted by molar-refractivity contribution is -0.614. The number of aromatic nitrogens is 1. The summed E-state index contributed by atoms with van der Waals surface area (Å²) in [5.41, 5.74) is 1.30. The maximum Gasteiger partial charge on any atom is 0.407 e. The van der Waals surface area contributed by atoms with Crippen molar-refractivity contribution in [2.24, 2.45) is 5.92 Å². The first-order chi connectivity index (χ1) is 18.7. The van der Waals surface area contributed by atoms with Crippen LogP contribution in [0.3, 0.4) is 0 Å². The minimum absolute atomic E-state index is 0.118. The zero-order valence-electron chi connectivity index (χ0n) is 22.0. The first kappa shape index (κ1) is 30.6. The number of pyridine rings is 1. The monoisotopic (exact) mass is 574 g/mol. The van der Waals surface area contributed by atoms with Crippen LogP contribution in [0.25, 0.3) is 11.1 Å². The third-order valence-electron chi connectivity index (χ3n) is 6.27. The summed E-state index contributed by atoms with van der Waals surface area (Å²) in [5, 5.41) is 26.3. The van der Waals surface area contributed by atoms with Crippen LogP contribution >= 0.6 is 0 Å². The van der Waals surface area contributed by atoms with Gasteiger partial charge in [0.2, 0.25) is 5.91 Å². The first-order valence-corrected chi connectivity index (χ1v) is 14.2. The molecule has 3 aromatic rings. The number of sulfone groups is 1. The van der Waals surface area contributed by atoms with Gasteiger partial charge in [0.25, 0.3) is 0 Å². The number of hydrogen-bond acceptors (Lipinski definition) is 6. The Morgan fingerprint density at radius 2 is 1.60 bits per heavy atom. The van der Waals surface area contributed by atoms with Crippen molar-refractivity contribution in [3.05, 3.63) is 89.4 Å². The van der Waals surface area contributed by atoms with Gasteiger partial charge < -0.3 is 10.5 Å². The molecule has 0 fully saturated rings. The van der Waals surface area contributed by atoms with E-state index in [1.807, 2.05) is 6.07 Å². The second kappa shape index (κ2) is 12.5. The smallest absolute Gasteiger partial charge is 0.407 e. The van der Waals surface area contributed by atoms with Crippen molar-refractivity contribution in [3.8, 4) is 17.2 Å². The molecule has 0 radical (unpaired) electrons. The fourth-order valence-electron chi connectivity index (χ4n) is 4.11. The Kier molecular flexibility index (Phi) is 9.55. The van der Waals surface area contributed by atoms with E-state index in [1.165, 1.54) is 54.7 Å². The van der Waals surface area contributed by atoms with Crippen LogP contribution in [0.5, 0.6) is 0 Å². The summed E-state index contributed by atoms with van der Waals surface area (Å²) in [6, 6.07) is 13.4. The van der Waals surface area contributed by atoms with E-state index in [0.29, 0.717) is 15.9 Å². The van der Waals surface area contributed by atoms with Crippen LogP contribution in [0.2, 0.25) is 0 Å². The number of nitriles is 1. The largest absolute Gasteiger partial charge is 0.619 e. The highest BCUT2D eigenvalue weighted by atomic mass is 32.2. The van der Waals surface area contributed by atoms with Gasteiger partial charge in [-0.05, 0) is 34.7 Å². The van der Waals surface area contributed by atoms with Crippen molar-refractivity contribution in [1.29, 1.82) is 5.26 Å². The highest BCUT2D eigenvalue weighted by Crippen LogP contribution is 2.35. The lowest BCUT2D eigenvalue weighted by atomic mass is 9.97. The molecule has 0 aliphatic rings. The molecule has 3 atom stereocenters. The highest BCUT2D eigenvalue weighted by Gasteiger charge is 2.43. The van der Waals surface area contributed by atoms with Gasteiger partial charge in [0.1, 0.15) is 12.1 Å². The molecule has 1 amide bonds. The van der Waals surface area contributed by atoms with E-state index in [1.54, 1.807) is 32.0 Å². The van der Waals surface area contributed by atoms with Gasteiger partial charge in [0, 0.05) is 18.4 Å². The summed E-state index contributed by atoms with van der Waals surface area (Å²) in [6.07, 6.45) is -2.55. The molecule has 12 heteroatoms. The van der Waals surface area contributed by atoms with Crippen LogP contribution in [-0.4, -0.2) is 38.8 Å². The number of carbonyl (C=O) groups excluding carboxylic acids is 1. The van der Waals surface area contributed by atoms with Crippen molar-refractivity contribution in [2.75, 3.05) is 6.26 Å². The minimum atomic E-state index is -4.75. The van der Waals surface area contributed by atoms with Gasteiger partial charge in [-0.25, -0.2) is 8.42 Å². The van der Waals surface area contributed by atoms with E-state index in [0.717, 1.165) is 6.26 Å². The Balaban J connectivity index is 1.80. The predicted molar refractivity (Wildman–Crippen MR) is 142 cm³/mol. The molecule has 0 aliphatic carbocycles. The Labute approximate surface area is 231 Å². The Hall–Kier alpha value is -3.95. The van der Waals surface area contributed by atoms with E-state index in [2.05, 4.69) is 10.6 Å². The summed E-state index contributed by atoms with van der Waals surface area (Å²) < 4.78 is 66.5. The second-order valence-corrected chi connectivity index (χ2v) is 11.7. The summed E-state index contributed by atoms with van der Waals surface area (Å²) in [5.74, 6) is -1.37. The molecule has 2 N–H and O–H groups in total. The van der Waals surface area contributed by atoms with E-state index in [9.17, 15) is 36.9 Å². The van der Waals surface area contributed by atoms with Gasteiger partial charge in [0.05, 0.1) is 23.4 Å². The summed E-state index contributed by atoms with van der Waals surface area (Å²) >= 11 is 0. The maximum atomic E-state index is 14.2. The minimum Gasteiger partial charge on any atom is -0.619 e. The van der Waals surface area contributed by atoms with Gasteiger partial charge in [-0.15, -0.1) is 0 Å². The maximum absolute atomic E-state index is 14.2. The van der Waals surface area contributed by atoms with Gasteiger partial charge in [-0.3, -0.25) is 10.1 Å². The molecular weight excluding hydrogens is 545 g/mol. The zero-order valence-corrected chi connectivity index (χ0v) is 22.8. The lowest BCUT2D eigenvalue weighted by Crippen LogP contribution is -2.53. The molecular formula is C28H29F3N4O4S. The normalized spacial score (nSPS) is 14.2. The molecule has 0 saturated carbocycles. The summed E-state index contributed by atoms with van der Waals surface area (Å²) in [7, 11) is -3.39. The number of amides is 1. The second-order valence-electron chi connectivity index (χ2n) is 9.69. The van der Waals surface area contributed by atoms with Crippen LogP contribution in [0.4, 0.5) is 13.2 Å². The SMILES string of the molecule is CC(C)[C@H](N[C@@H](c1ccc(-c2ccc(S(C)(=O)=O)cc2)cc1)C(F)(F)F)C(=O)N[C@H](C#N)Cc1cccc[n+]1[O-]. The number of rotatable bonds is 10. The summed E-state index contributed by atoms with van der Waals surface area (Å²) in [6.45, 7) is 3.16. The fraction of sp³-hybridized carbons (Fsp3) is 0.321. The van der Waals surface area contributed by atoms with E-state index in [4.69, 9.17) is 0 Å². The Bertz CT molecular complexity index is 1470. The van der Waals surface area contributed by atoms with Crippen LogP contribution in [0.1, 0.15) is 31.1 Å². The third-order valence-corrected chi connectivity index (χ3v) is 7.40. The van der Waals surface area contributed by atoms with Crippen LogP contribution in [0, 0.1) is 22.5 Å². The van der Waals surface area contributed by atoms with E-state index >= 15 is 0 Å². The number of nitrogens with zero attached hydrogens (tertiary/aromatic N) is 2. The average molecular weight is 575 g/mol. The number of halogens is 3. The van der Waals surface area contributed by atoms with Crippen LogP contribution in [-0.2, 0) is 21.1 Å². The zero-order chi connectivity index (χ0) is 29.7. The molecule has 0 aliphatic heterocycles. The van der Waals surface area contributed by atoms with Gasteiger partial charge in [-0.2, -0.15) is 23.2 Å². The molecule has 1 aromatic heterocycles. The predicted octanol–water partition coefficient (Wildman–Crippen LogP) is 3.86. The molecule has 8 nitrogen and oxygen atoms in total. The van der Waals surface area contributed by atoms with Crippen molar-refractivity contribution in [3.63, 3.8) is 0 Å². The molecule has 212 valence electrons. The van der Waals surface area contributed by atoms with Crippen LogP contribution < -0.4 is 15.4 Å². The van der Waals surface area contributed by atoms with Crippen molar-refractivity contribution < 1.29 is 31.1 Å². The number of alkyl halides is 3. The lowest BCUT2D eigenvalue weighted by Gasteiger charge is -2.30. The molecule has 0 spiro atoms. The quantitative estimate of drug-likeness (QED) is 0.280. The van der Waals surface area contributed by atoms with Gasteiger partial charge in [-0.1, -0.05) is 56.3 Å². The molecule has 0 saturated heterocycles. The van der Waals surface area contributed by atoms with Crippen molar-refractivity contribution in [2.45, 2.75) is 49.5 Å². The Morgan fingerprint density at radius 1 is 1.02 bits per heavy atom. The first-order valence-electron chi connectivity index (χ1n) is 12.3. The van der Waals surface area contributed by atoms with Gasteiger partial charge in [0.15, 0.2) is 21.7 Å². The third kappa shape index (κ3) is 7.80. The molecule has 0 bridgehead atoms. The standard InChI is InChI=1S/C28H29F3N4O4S/c1-18(2)25(27(36)33-22(17-32)16-23-6-4-5-15-35(23)37)34-26(28(29,30)31)21-9-7-19(8-10-21)20-11-13-24(14-12-20)40(3,38)39/h4-15,18,22,25-26,34H,16H2,1-3H3,(H,33,36)/t22-,25-,26-/m0/s1. The molecule has 2 aromatic carbocycles. The Morgan fingerprint density at radius 3 is 2.08 bits per heavy atom. The molecule has 40 heavy (non-hydrogen) atoms. The number of benzene rings is 2. The number of hydrogen-bond donors (Lipinski definition) is 2. The average Bonchev–Trinajstić information content (AvgIpc) is 2.88. The van der Waals surface area contributed by atoms with Gasteiger partial charge >= 0.3 is 6.18 Å². The van der Waals surface area contributed by atoms with Crippen LogP contribution in [0.15, 0.2) is 77.8 Å². The number of carbonyl (C=O) groups is 1. The number of nitrogens with one attached hydrogen (secondary N) is 2. The topological polar surface area (TPSA) is 126 Å². The molecule has 1 heterocycles. The van der Waals surface area contributed by atoms with E-state index in [-0.39, 0.29) is 22.6 Å².